The molecule has 1 aromatic rings. The molecule has 0 atom stereocenters. The van der Waals surface area contributed by atoms with Crippen molar-refractivity contribution < 1.29 is 14.7 Å². The molecular formula is C11H12ClNO3S. The number of rotatable bonds is 4. The molecule has 0 saturated heterocycles. The molecule has 0 unspecified atom stereocenters. The first-order valence-electron chi connectivity index (χ1n) is 4.76. The zero-order valence-electron chi connectivity index (χ0n) is 9.44. The van der Waals surface area contributed by atoms with Gasteiger partial charge in [0.15, 0.2) is 0 Å². The van der Waals surface area contributed by atoms with Gasteiger partial charge in [-0.3, -0.25) is 9.59 Å². The van der Waals surface area contributed by atoms with Crippen LogP contribution in [-0.2, 0) is 4.79 Å². The molecule has 0 aliphatic carbocycles. The Hall–Kier alpha value is -1.20. The zero-order chi connectivity index (χ0) is 13.0. The summed E-state index contributed by atoms with van der Waals surface area (Å²) in [6, 6.07) is 5.10. The lowest BCUT2D eigenvalue weighted by Crippen LogP contribution is -2.32. The quantitative estimate of drug-likeness (QED) is 0.855. The maximum atomic E-state index is 11.9. The summed E-state index contributed by atoms with van der Waals surface area (Å²) in [7, 11) is 1.43. The molecule has 1 N–H and O–H groups in total. The molecular weight excluding hydrogens is 262 g/mol. The number of carbonyl (C=O) groups excluding carboxylic acids is 1. The van der Waals surface area contributed by atoms with Gasteiger partial charge in [0.05, 0.1) is 10.6 Å². The Labute approximate surface area is 109 Å². The molecule has 0 saturated carbocycles. The fourth-order valence-electron chi connectivity index (χ4n) is 1.28. The van der Waals surface area contributed by atoms with E-state index in [9.17, 15) is 9.59 Å². The maximum Gasteiger partial charge on any atom is 0.323 e. The standard InChI is InChI=1S/C11H12ClNO3S/c1-13(6-10(14)15)11(16)8-5-7(17-2)3-4-9(8)12/h3-5H,6H2,1-2H3,(H,14,15). The van der Waals surface area contributed by atoms with Gasteiger partial charge in [-0.15, -0.1) is 11.8 Å². The van der Waals surface area contributed by atoms with E-state index in [4.69, 9.17) is 16.7 Å². The fraction of sp³-hybridized carbons (Fsp3) is 0.273. The van der Waals surface area contributed by atoms with Gasteiger partial charge in [0.1, 0.15) is 6.54 Å². The van der Waals surface area contributed by atoms with E-state index >= 15 is 0 Å². The van der Waals surface area contributed by atoms with Crippen LogP contribution in [0.25, 0.3) is 0 Å². The Morgan fingerprint density at radius 3 is 2.65 bits per heavy atom. The average molecular weight is 274 g/mol. The molecule has 1 aromatic carbocycles. The monoisotopic (exact) mass is 273 g/mol. The van der Waals surface area contributed by atoms with Crippen LogP contribution < -0.4 is 0 Å². The first kappa shape index (κ1) is 13.9. The molecule has 92 valence electrons. The lowest BCUT2D eigenvalue weighted by Gasteiger charge is -2.15. The molecule has 0 aliphatic rings. The predicted octanol–water partition coefficient (Wildman–Crippen LogP) is 2.22. The highest BCUT2D eigenvalue weighted by Gasteiger charge is 2.17. The number of aliphatic carboxylic acids is 1. The molecule has 0 aliphatic heterocycles. The highest BCUT2D eigenvalue weighted by Crippen LogP contribution is 2.23. The predicted molar refractivity (Wildman–Crippen MR) is 67.8 cm³/mol. The Balaban J connectivity index is 2.98. The van der Waals surface area contributed by atoms with E-state index in [-0.39, 0.29) is 6.54 Å². The van der Waals surface area contributed by atoms with Gasteiger partial charge in [-0.05, 0) is 24.5 Å². The minimum absolute atomic E-state index is 0.322. The molecule has 1 rings (SSSR count). The number of carbonyl (C=O) groups is 2. The fourth-order valence-corrected chi connectivity index (χ4v) is 1.91. The van der Waals surface area contributed by atoms with Crippen LogP contribution in [0.2, 0.25) is 5.02 Å². The summed E-state index contributed by atoms with van der Waals surface area (Å²) in [6.07, 6.45) is 1.89. The molecule has 0 heterocycles. The average Bonchev–Trinajstić information content (AvgIpc) is 2.28. The topological polar surface area (TPSA) is 57.6 Å². The van der Waals surface area contributed by atoms with E-state index in [0.29, 0.717) is 10.6 Å². The summed E-state index contributed by atoms with van der Waals surface area (Å²) < 4.78 is 0. The van der Waals surface area contributed by atoms with Gasteiger partial charge < -0.3 is 10.0 Å². The highest BCUT2D eigenvalue weighted by atomic mass is 35.5. The molecule has 4 nitrogen and oxygen atoms in total. The lowest BCUT2D eigenvalue weighted by atomic mass is 10.2. The van der Waals surface area contributed by atoms with Crippen LogP contribution in [-0.4, -0.2) is 41.7 Å². The number of halogens is 1. The number of hydrogen-bond donors (Lipinski definition) is 1. The second kappa shape index (κ2) is 5.93. The van der Waals surface area contributed by atoms with Crippen LogP contribution in [0.1, 0.15) is 10.4 Å². The Morgan fingerprint density at radius 1 is 1.47 bits per heavy atom. The van der Waals surface area contributed by atoms with Crippen molar-refractivity contribution in [2.24, 2.45) is 0 Å². The van der Waals surface area contributed by atoms with Gasteiger partial charge in [0, 0.05) is 11.9 Å². The second-order valence-electron chi connectivity index (χ2n) is 3.40. The molecule has 0 bridgehead atoms. The van der Waals surface area contributed by atoms with E-state index in [0.717, 1.165) is 9.80 Å². The molecule has 6 heteroatoms. The number of nitrogens with zero attached hydrogens (tertiary/aromatic N) is 1. The first-order valence-corrected chi connectivity index (χ1v) is 6.36. The third-order valence-electron chi connectivity index (χ3n) is 2.12. The minimum Gasteiger partial charge on any atom is -0.480 e. The smallest absolute Gasteiger partial charge is 0.323 e. The third-order valence-corrected chi connectivity index (χ3v) is 3.18. The summed E-state index contributed by atoms with van der Waals surface area (Å²) in [5.41, 5.74) is 0.322. The third kappa shape index (κ3) is 3.64. The number of likely N-dealkylation sites (N-methyl/N-ethyl adjacent to an activating group) is 1. The number of benzene rings is 1. The Bertz CT molecular complexity index is 450. The number of carboxylic acids is 1. The van der Waals surface area contributed by atoms with E-state index in [1.165, 1.54) is 18.8 Å². The normalized spacial score (nSPS) is 10.1. The van der Waals surface area contributed by atoms with Gasteiger partial charge >= 0.3 is 5.97 Å². The summed E-state index contributed by atoms with van der Waals surface area (Å²) in [5.74, 6) is -1.45. The largest absolute Gasteiger partial charge is 0.480 e. The molecule has 0 radical (unpaired) electrons. The van der Waals surface area contributed by atoms with Gasteiger partial charge in [0.2, 0.25) is 0 Å². The van der Waals surface area contributed by atoms with Crippen molar-refractivity contribution >= 4 is 35.2 Å². The van der Waals surface area contributed by atoms with Gasteiger partial charge in [0.25, 0.3) is 5.91 Å². The first-order chi connectivity index (χ1) is 7.95. The number of thioether (sulfide) groups is 1. The van der Waals surface area contributed by atoms with Crippen molar-refractivity contribution in [1.29, 1.82) is 0 Å². The molecule has 0 aromatic heterocycles. The highest BCUT2D eigenvalue weighted by molar-refractivity contribution is 7.98. The van der Waals surface area contributed by atoms with Crippen LogP contribution >= 0.6 is 23.4 Å². The van der Waals surface area contributed by atoms with Crippen molar-refractivity contribution in [3.05, 3.63) is 28.8 Å². The van der Waals surface area contributed by atoms with Crippen molar-refractivity contribution in [2.45, 2.75) is 4.90 Å². The SMILES string of the molecule is CSc1ccc(Cl)c(C(=O)N(C)CC(=O)O)c1. The maximum absolute atomic E-state index is 11.9. The summed E-state index contributed by atoms with van der Waals surface area (Å²) in [6.45, 7) is -0.349. The lowest BCUT2D eigenvalue weighted by molar-refractivity contribution is -0.137. The molecule has 0 fully saturated rings. The van der Waals surface area contributed by atoms with E-state index in [2.05, 4.69) is 0 Å². The van der Waals surface area contributed by atoms with Crippen LogP contribution in [0.5, 0.6) is 0 Å². The summed E-state index contributed by atoms with van der Waals surface area (Å²) >= 11 is 7.41. The minimum atomic E-state index is -1.06. The molecule has 1 amide bonds. The Morgan fingerprint density at radius 2 is 2.12 bits per heavy atom. The zero-order valence-corrected chi connectivity index (χ0v) is 11.0. The summed E-state index contributed by atoms with van der Waals surface area (Å²) in [5, 5.41) is 8.94. The molecule has 0 spiro atoms. The van der Waals surface area contributed by atoms with Gasteiger partial charge in [-0.2, -0.15) is 0 Å². The number of carboxylic acid groups (broad SMARTS) is 1. The van der Waals surface area contributed by atoms with Gasteiger partial charge in [-0.25, -0.2) is 0 Å². The van der Waals surface area contributed by atoms with Crippen LogP contribution in [0.15, 0.2) is 23.1 Å². The Kier molecular flexibility index (Phi) is 4.84. The van der Waals surface area contributed by atoms with Crippen molar-refractivity contribution in [3.8, 4) is 0 Å². The number of hydrogen-bond acceptors (Lipinski definition) is 3. The second-order valence-corrected chi connectivity index (χ2v) is 4.69. The van der Waals surface area contributed by atoms with Crippen molar-refractivity contribution in [3.63, 3.8) is 0 Å². The van der Waals surface area contributed by atoms with Crippen molar-refractivity contribution in [1.82, 2.24) is 4.90 Å². The number of amides is 1. The molecule has 17 heavy (non-hydrogen) atoms. The van der Waals surface area contributed by atoms with E-state index in [1.807, 2.05) is 6.26 Å². The van der Waals surface area contributed by atoms with Crippen LogP contribution in [0.3, 0.4) is 0 Å². The van der Waals surface area contributed by atoms with E-state index in [1.54, 1.807) is 18.2 Å². The van der Waals surface area contributed by atoms with Crippen molar-refractivity contribution in [2.75, 3.05) is 19.8 Å². The van der Waals surface area contributed by atoms with E-state index < -0.39 is 11.9 Å². The van der Waals surface area contributed by atoms with Gasteiger partial charge in [-0.1, -0.05) is 11.6 Å². The van der Waals surface area contributed by atoms with Crippen LogP contribution in [0.4, 0.5) is 0 Å². The van der Waals surface area contributed by atoms with Crippen LogP contribution in [0, 0.1) is 0 Å². The summed E-state index contributed by atoms with van der Waals surface area (Å²) in [4.78, 5) is 24.5.